The van der Waals surface area contributed by atoms with Gasteiger partial charge in [0.1, 0.15) is 17.4 Å². The zero-order valence-electron chi connectivity index (χ0n) is 11.6. The molecule has 0 fully saturated rings. The van der Waals surface area contributed by atoms with Gasteiger partial charge in [-0.05, 0) is 18.6 Å². The Morgan fingerprint density at radius 1 is 1.32 bits per heavy atom. The fraction of sp³-hybridized carbons (Fsp3) is 0.400. The van der Waals surface area contributed by atoms with Crippen LogP contribution >= 0.6 is 11.3 Å². The number of nitrogens with one attached hydrogen (secondary N) is 1. The Morgan fingerprint density at radius 2 is 2.11 bits per heavy atom. The fourth-order valence-corrected chi connectivity index (χ4v) is 2.39. The molecule has 0 unspecified atom stereocenters. The van der Waals surface area contributed by atoms with Crippen LogP contribution in [0, 0.1) is 6.92 Å². The average Bonchev–Trinajstić information content (AvgIpc) is 2.83. The van der Waals surface area contributed by atoms with Crippen molar-refractivity contribution in [3.63, 3.8) is 0 Å². The Morgan fingerprint density at radius 3 is 2.84 bits per heavy atom. The second-order valence-electron chi connectivity index (χ2n) is 4.82. The quantitative estimate of drug-likeness (QED) is 0.876. The molecule has 0 radical (unpaired) electrons. The molecule has 0 amide bonds. The molecule has 2 rings (SSSR count). The van der Waals surface area contributed by atoms with Gasteiger partial charge >= 0.3 is 0 Å². The predicted octanol–water partition coefficient (Wildman–Crippen LogP) is 3.53. The van der Waals surface area contributed by atoms with Crippen LogP contribution < -0.4 is 10.1 Å². The molecule has 1 heterocycles. The first-order chi connectivity index (χ1) is 9.15. The minimum absolute atomic E-state index is 0.482. The van der Waals surface area contributed by atoms with Crippen LogP contribution in [0.15, 0.2) is 29.6 Å². The van der Waals surface area contributed by atoms with Gasteiger partial charge in [0.25, 0.3) is 0 Å². The Kier molecular flexibility index (Phi) is 4.93. The number of nitrogens with zero attached hydrogens (tertiary/aromatic N) is 1. The highest BCUT2D eigenvalue weighted by Gasteiger charge is 2.04. The third-order valence-electron chi connectivity index (χ3n) is 2.73. The van der Waals surface area contributed by atoms with E-state index in [4.69, 9.17) is 4.74 Å². The molecule has 0 aliphatic carbocycles. The van der Waals surface area contributed by atoms with Crippen LogP contribution in [-0.4, -0.2) is 11.0 Å². The lowest BCUT2D eigenvalue weighted by atomic mass is 10.2. The number of para-hydroxylation sites is 1. The van der Waals surface area contributed by atoms with Gasteiger partial charge in [-0.15, -0.1) is 11.3 Å². The van der Waals surface area contributed by atoms with E-state index in [1.165, 1.54) is 0 Å². The summed E-state index contributed by atoms with van der Waals surface area (Å²) in [5, 5.41) is 6.54. The second kappa shape index (κ2) is 6.68. The Labute approximate surface area is 118 Å². The molecule has 0 atom stereocenters. The van der Waals surface area contributed by atoms with Crippen molar-refractivity contribution >= 4 is 11.3 Å². The number of hydrogen-bond acceptors (Lipinski definition) is 4. The van der Waals surface area contributed by atoms with Gasteiger partial charge in [0, 0.05) is 18.0 Å². The first-order valence-electron chi connectivity index (χ1n) is 6.50. The Bertz CT molecular complexity index is 522. The smallest absolute Gasteiger partial charge is 0.131 e. The Hall–Kier alpha value is -1.39. The third kappa shape index (κ3) is 4.33. The molecule has 19 heavy (non-hydrogen) atoms. The van der Waals surface area contributed by atoms with E-state index in [1.54, 1.807) is 11.3 Å². The standard InChI is InChI=1S/C15H20N2OS/c1-11(2)16-8-15-17-13(10-19-15)9-18-14-7-5-4-6-12(14)3/h4-7,10-11,16H,8-9H2,1-3H3. The number of benzene rings is 1. The van der Waals surface area contributed by atoms with Crippen molar-refractivity contribution in [3.05, 3.63) is 45.9 Å². The highest BCUT2D eigenvalue weighted by atomic mass is 32.1. The molecule has 3 nitrogen and oxygen atoms in total. The molecule has 1 N–H and O–H groups in total. The molecule has 102 valence electrons. The number of rotatable bonds is 6. The number of aryl methyl sites for hydroxylation is 1. The largest absolute Gasteiger partial charge is 0.487 e. The summed E-state index contributed by atoms with van der Waals surface area (Å²) >= 11 is 1.68. The van der Waals surface area contributed by atoms with Gasteiger partial charge in [-0.25, -0.2) is 4.98 Å². The number of hydrogen-bond donors (Lipinski definition) is 1. The fourth-order valence-electron chi connectivity index (χ4n) is 1.66. The van der Waals surface area contributed by atoms with Crippen LogP contribution in [0.25, 0.3) is 0 Å². The molecule has 0 aliphatic heterocycles. The molecule has 2 aromatic rings. The molecule has 0 aliphatic rings. The summed E-state index contributed by atoms with van der Waals surface area (Å²) < 4.78 is 5.79. The van der Waals surface area contributed by atoms with Gasteiger partial charge in [0.2, 0.25) is 0 Å². The van der Waals surface area contributed by atoms with Gasteiger partial charge in [0.05, 0.1) is 5.69 Å². The number of ether oxygens (including phenoxy) is 1. The topological polar surface area (TPSA) is 34.1 Å². The van der Waals surface area contributed by atoms with Crippen molar-refractivity contribution in [3.8, 4) is 5.75 Å². The van der Waals surface area contributed by atoms with Crippen molar-refractivity contribution in [1.82, 2.24) is 10.3 Å². The van der Waals surface area contributed by atoms with Crippen molar-refractivity contribution in [2.24, 2.45) is 0 Å². The van der Waals surface area contributed by atoms with E-state index < -0.39 is 0 Å². The molecule has 1 aromatic carbocycles. The van der Waals surface area contributed by atoms with E-state index in [-0.39, 0.29) is 0 Å². The van der Waals surface area contributed by atoms with E-state index in [0.29, 0.717) is 12.6 Å². The maximum Gasteiger partial charge on any atom is 0.131 e. The van der Waals surface area contributed by atoms with Gasteiger partial charge in [-0.1, -0.05) is 32.0 Å². The normalized spacial score (nSPS) is 10.9. The summed E-state index contributed by atoms with van der Waals surface area (Å²) in [5.74, 6) is 0.928. The number of thiazole rings is 1. The Balaban J connectivity index is 1.88. The zero-order chi connectivity index (χ0) is 13.7. The third-order valence-corrected chi connectivity index (χ3v) is 3.63. The lowest BCUT2D eigenvalue weighted by Gasteiger charge is -2.07. The molecule has 4 heteroatoms. The monoisotopic (exact) mass is 276 g/mol. The van der Waals surface area contributed by atoms with Crippen molar-refractivity contribution in [2.75, 3.05) is 0 Å². The van der Waals surface area contributed by atoms with E-state index >= 15 is 0 Å². The van der Waals surface area contributed by atoms with Crippen LogP contribution in [0.1, 0.15) is 30.1 Å². The minimum atomic E-state index is 0.482. The van der Waals surface area contributed by atoms with Crippen LogP contribution in [0.4, 0.5) is 0 Å². The maximum absolute atomic E-state index is 5.79. The number of aromatic nitrogens is 1. The molecule has 0 spiro atoms. The van der Waals surface area contributed by atoms with Gasteiger partial charge in [0.15, 0.2) is 0 Å². The second-order valence-corrected chi connectivity index (χ2v) is 5.77. The summed E-state index contributed by atoms with van der Waals surface area (Å²) in [6.45, 7) is 7.68. The van der Waals surface area contributed by atoms with E-state index in [2.05, 4.69) is 29.5 Å². The van der Waals surface area contributed by atoms with Crippen molar-refractivity contribution in [2.45, 2.75) is 40.0 Å². The van der Waals surface area contributed by atoms with Crippen LogP contribution in [0.3, 0.4) is 0 Å². The first kappa shape index (κ1) is 14.0. The minimum Gasteiger partial charge on any atom is -0.487 e. The highest BCUT2D eigenvalue weighted by Crippen LogP contribution is 2.18. The predicted molar refractivity (Wildman–Crippen MR) is 79.6 cm³/mol. The summed E-state index contributed by atoms with van der Waals surface area (Å²) in [7, 11) is 0. The molecule has 0 bridgehead atoms. The molecular formula is C15H20N2OS. The lowest BCUT2D eigenvalue weighted by molar-refractivity contribution is 0.300. The molecule has 0 saturated carbocycles. The van der Waals surface area contributed by atoms with Gasteiger partial charge < -0.3 is 10.1 Å². The molecular weight excluding hydrogens is 256 g/mol. The zero-order valence-corrected chi connectivity index (χ0v) is 12.5. The van der Waals surface area contributed by atoms with E-state index in [9.17, 15) is 0 Å². The van der Waals surface area contributed by atoms with Gasteiger partial charge in [-0.2, -0.15) is 0 Å². The molecule has 1 aromatic heterocycles. The van der Waals surface area contributed by atoms with Gasteiger partial charge in [-0.3, -0.25) is 0 Å². The highest BCUT2D eigenvalue weighted by molar-refractivity contribution is 7.09. The van der Waals surface area contributed by atoms with Crippen LogP contribution in [-0.2, 0) is 13.2 Å². The van der Waals surface area contributed by atoms with E-state index in [0.717, 1.165) is 28.6 Å². The summed E-state index contributed by atoms with van der Waals surface area (Å²) in [6.07, 6.45) is 0. The maximum atomic E-state index is 5.79. The lowest BCUT2D eigenvalue weighted by Crippen LogP contribution is -2.21. The van der Waals surface area contributed by atoms with Crippen molar-refractivity contribution < 1.29 is 4.74 Å². The summed E-state index contributed by atoms with van der Waals surface area (Å²) in [4.78, 5) is 4.56. The first-order valence-corrected chi connectivity index (χ1v) is 7.38. The van der Waals surface area contributed by atoms with E-state index in [1.807, 2.05) is 31.2 Å². The average molecular weight is 276 g/mol. The van der Waals surface area contributed by atoms with Crippen LogP contribution in [0.5, 0.6) is 5.75 Å². The summed E-state index contributed by atoms with van der Waals surface area (Å²) in [5.41, 5.74) is 2.15. The summed E-state index contributed by atoms with van der Waals surface area (Å²) in [6, 6.07) is 8.52. The molecule has 0 saturated heterocycles. The van der Waals surface area contributed by atoms with Crippen LogP contribution in [0.2, 0.25) is 0 Å². The van der Waals surface area contributed by atoms with Crippen molar-refractivity contribution in [1.29, 1.82) is 0 Å². The SMILES string of the molecule is Cc1ccccc1OCc1csc(CNC(C)C)n1.